The van der Waals surface area contributed by atoms with Gasteiger partial charge in [-0.15, -0.1) is 0 Å². The molecule has 0 radical (unpaired) electrons. The smallest absolute Gasteiger partial charge is 0.236 e. The van der Waals surface area contributed by atoms with E-state index in [1.807, 2.05) is 23.1 Å². The minimum absolute atomic E-state index is 0.000176. The number of benzene rings is 1. The van der Waals surface area contributed by atoms with E-state index >= 15 is 0 Å². The highest BCUT2D eigenvalue weighted by Gasteiger charge is 2.50. The molecular formula is C22H32N2O4. The molecule has 2 heterocycles. The Labute approximate surface area is 167 Å². The third kappa shape index (κ3) is 3.78. The van der Waals surface area contributed by atoms with Crippen LogP contribution in [0.4, 0.5) is 0 Å². The van der Waals surface area contributed by atoms with Gasteiger partial charge in [0.1, 0.15) is 5.75 Å². The number of amides is 1. The Hall–Kier alpha value is -1.63. The molecule has 0 unspecified atom stereocenters. The molecule has 3 atom stereocenters. The summed E-state index contributed by atoms with van der Waals surface area (Å²) < 4.78 is 11.0. The van der Waals surface area contributed by atoms with Crippen molar-refractivity contribution in [1.82, 2.24) is 9.80 Å². The lowest BCUT2D eigenvalue weighted by Crippen LogP contribution is -2.57. The Morgan fingerprint density at radius 1 is 1.21 bits per heavy atom. The van der Waals surface area contributed by atoms with Crippen LogP contribution < -0.4 is 4.74 Å². The van der Waals surface area contributed by atoms with Crippen molar-refractivity contribution in [3.05, 3.63) is 29.8 Å². The van der Waals surface area contributed by atoms with E-state index < -0.39 is 5.60 Å². The second-order valence-corrected chi connectivity index (χ2v) is 8.36. The van der Waals surface area contributed by atoms with Gasteiger partial charge in [0.15, 0.2) is 0 Å². The third-order valence-electron chi connectivity index (χ3n) is 6.83. The largest absolute Gasteiger partial charge is 0.496 e. The standard InChI is InChI=1S/C22H32N2O4/c1-27-19-8-3-2-6-17(19)21-18-7-4-5-9-22(18,26)10-11-24(21)16-20(25)23-12-14-28-15-13-23/h2-3,6,8,18,21,26H,4-5,7,9-16H2,1H3/t18-,21-,22-/m1/s1. The van der Waals surface area contributed by atoms with Crippen LogP contribution in [0, 0.1) is 5.92 Å². The van der Waals surface area contributed by atoms with Gasteiger partial charge in [-0.1, -0.05) is 31.0 Å². The van der Waals surface area contributed by atoms with E-state index in [1.165, 1.54) is 0 Å². The molecule has 1 aromatic rings. The molecule has 2 aliphatic heterocycles. The molecular weight excluding hydrogens is 356 g/mol. The van der Waals surface area contributed by atoms with Crippen molar-refractivity contribution in [3.63, 3.8) is 0 Å². The number of carbonyl (C=O) groups is 1. The van der Waals surface area contributed by atoms with Crippen LogP contribution in [0.2, 0.25) is 0 Å². The first-order chi connectivity index (χ1) is 13.6. The molecule has 0 aromatic heterocycles. The number of likely N-dealkylation sites (tertiary alicyclic amines) is 1. The van der Waals surface area contributed by atoms with Crippen LogP contribution in [0.25, 0.3) is 0 Å². The monoisotopic (exact) mass is 388 g/mol. The van der Waals surface area contributed by atoms with E-state index in [1.54, 1.807) is 7.11 Å². The number of piperidine rings is 1. The maximum absolute atomic E-state index is 13.0. The Kier molecular flexibility index (Phi) is 5.90. The van der Waals surface area contributed by atoms with Crippen LogP contribution in [0.15, 0.2) is 24.3 Å². The van der Waals surface area contributed by atoms with Crippen LogP contribution in [0.5, 0.6) is 5.75 Å². The van der Waals surface area contributed by atoms with Crippen molar-refractivity contribution in [1.29, 1.82) is 0 Å². The number of hydrogen-bond acceptors (Lipinski definition) is 5. The molecule has 1 aliphatic carbocycles. The Morgan fingerprint density at radius 2 is 2.00 bits per heavy atom. The molecule has 154 valence electrons. The van der Waals surface area contributed by atoms with Gasteiger partial charge in [-0.3, -0.25) is 9.69 Å². The van der Waals surface area contributed by atoms with Crippen molar-refractivity contribution in [2.45, 2.75) is 43.7 Å². The predicted octanol–water partition coefficient (Wildman–Crippen LogP) is 2.22. The number of nitrogens with zero attached hydrogens (tertiary/aromatic N) is 2. The number of aliphatic hydroxyl groups is 1. The summed E-state index contributed by atoms with van der Waals surface area (Å²) in [6, 6.07) is 8.07. The summed E-state index contributed by atoms with van der Waals surface area (Å²) in [5.41, 5.74) is 0.451. The molecule has 2 saturated heterocycles. The lowest BCUT2D eigenvalue weighted by molar-refractivity contribution is -0.147. The van der Waals surface area contributed by atoms with Crippen LogP contribution >= 0.6 is 0 Å². The topological polar surface area (TPSA) is 62.2 Å². The van der Waals surface area contributed by atoms with Crippen molar-refractivity contribution < 1.29 is 19.4 Å². The number of morpholine rings is 1. The average Bonchev–Trinajstić information content (AvgIpc) is 2.74. The zero-order valence-corrected chi connectivity index (χ0v) is 16.8. The SMILES string of the molecule is COc1ccccc1[C@@H]1[C@H]2CCCC[C@@]2(O)CCN1CC(=O)N1CCOCC1. The van der Waals surface area contributed by atoms with Gasteiger partial charge in [0, 0.05) is 37.2 Å². The van der Waals surface area contributed by atoms with E-state index in [-0.39, 0.29) is 17.9 Å². The van der Waals surface area contributed by atoms with Crippen molar-refractivity contribution in [2.75, 3.05) is 46.5 Å². The highest BCUT2D eigenvalue weighted by molar-refractivity contribution is 5.78. The van der Waals surface area contributed by atoms with Gasteiger partial charge >= 0.3 is 0 Å². The van der Waals surface area contributed by atoms with E-state index in [0.29, 0.717) is 32.8 Å². The summed E-state index contributed by atoms with van der Waals surface area (Å²) in [6.07, 6.45) is 4.79. The van der Waals surface area contributed by atoms with Gasteiger partial charge in [-0.25, -0.2) is 0 Å². The molecule has 1 saturated carbocycles. The third-order valence-corrected chi connectivity index (χ3v) is 6.83. The summed E-state index contributed by atoms with van der Waals surface area (Å²) in [4.78, 5) is 17.2. The fraction of sp³-hybridized carbons (Fsp3) is 0.682. The number of methoxy groups -OCH3 is 1. The molecule has 0 spiro atoms. The number of hydrogen-bond donors (Lipinski definition) is 1. The van der Waals surface area contributed by atoms with Gasteiger partial charge in [-0.05, 0) is 25.3 Å². The fourth-order valence-corrected chi connectivity index (χ4v) is 5.33. The van der Waals surface area contributed by atoms with Crippen molar-refractivity contribution in [3.8, 4) is 5.75 Å². The van der Waals surface area contributed by atoms with Crippen LogP contribution in [-0.2, 0) is 9.53 Å². The molecule has 28 heavy (non-hydrogen) atoms. The first-order valence-electron chi connectivity index (χ1n) is 10.6. The number of carbonyl (C=O) groups excluding carboxylic acids is 1. The molecule has 6 nitrogen and oxygen atoms in total. The fourth-order valence-electron chi connectivity index (χ4n) is 5.33. The van der Waals surface area contributed by atoms with E-state index in [4.69, 9.17) is 9.47 Å². The lowest BCUT2D eigenvalue weighted by Gasteiger charge is -2.53. The van der Waals surface area contributed by atoms with E-state index in [2.05, 4.69) is 11.0 Å². The van der Waals surface area contributed by atoms with E-state index in [9.17, 15) is 9.90 Å². The molecule has 1 aromatic carbocycles. The van der Waals surface area contributed by atoms with Crippen LogP contribution in [0.1, 0.15) is 43.7 Å². The molecule has 1 amide bonds. The maximum Gasteiger partial charge on any atom is 0.236 e. The van der Waals surface area contributed by atoms with Crippen molar-refractivity contribution in [2.24, 2.45) is 5.92 Å². The zero-order valence-electron chi connectivity index (χ0n) is 16.8. The number of rotatable bonds is 4. The molecule has 6 heteroatoms. The lowest BCUT2D eigenvalue weighted by atomic mass is 9.66. The highest BCUT2D eigenvalue weighted by Crippen LogP contribution is 2.50. The quantitative estimate of drug-likeness (QED) is 0.857. The maximum atomic E-state index is 13.0. The summed E-state index contributed by atoms with van der Waals surface area (Å²) in [5.74, 6) is 1.12. The van der Waals surface area contributed by atoms with Crippen LogP contribution in [0.3, 0.4) is 0 Å². The van der Waals surface area contributed by atoms with Gasteiger partial charge in [0.2, 0.25) is 5.91 Å². The molecule has 1 N–H and O–H groups in total. The normalized spacial score (nSPS) is 31.3. The minimum Gasteiger partial charge on any atom is -0.496 e. The summed E-state index contributed by atoms with van der Waals surface area (Å²) >= 11 is 0. The summed E-state index contributed by atoms with van der Waals surface area (Å²) in [6.45, 7) is 3.67. The molecule has 0 bridgehead atoms. The molecule has 4 rings (SSSR count). The minimum atomic E-state index is -0.637. The second-order valence-electron chi connectivity index (χ2n) is 8.36. The van der Waals surface area contributed by atoms with Gasteiger partial charge in [0.25, 0.3) is 0 Å². The second kappa shape index (κ2) is 8.39. The number of para-hydroxylation sites is 1. The number of fused-ring (bicyclic) bond motifs is 1. The van der Waals surface area contributed by atoms with Gasteiger partial charge in [-0.2, -0.15) is 0 Å². The number of ether oxygens (including phenoxy) is 2. The Balaban J connectivity index is 1.63. The summed E-state index contributed by atoms with van der Waals surface area (Å²) in [5, 5.41) is 11.4. The first kappa shape index (κ1) is 19.7. The molecule has 3 aliphatic rings. The van der Waals surface area contributed by atoms with Crippen molar-refractivity contribution >= 4 is 5.91 Å². The highest BCUT2D eigenvalue weighted by atomic mass is 16.5. The summed E-state index contributed by atoms with van der Waals surface area (Å²) in [7, 11) is 1.69. The Morgan fingerprint density at radius 3 is 2.79 bits per heavy atom. The van der Waals surface area contributed by atoms with Gasteiger partial charge in [0.05, 0.1) is 32.5 Å². The van der Waals surface area contributed by atoms with E-state index in [0.717, 1.165) is 50.0 Å². The Bertz CT molecular complexity index is 691. The zero-order chi connectivity index (χ0) is 19.6. The average molecular weight is 389 g/mol. The molecule has 3 fully saturated rings. The van der Waals surface area contributed by atoms with Gasteiger partial charge < -0.3 is 19.5 Å². The van der Waals surface area contributed by atoms with Crippen LogP contribution in [-0.4, -0.2) is 72.9 Å². The first-order valence-corrected chi connectivity index (χ1v) is 10.6. The predicted molar refractivity (Wildman–Crippen MR) is 106 cm³/mol.